The van der Waals surface area contributed by atoms with Crippen molar-refractivity contribution in [2.45, 2.75) is 25.8 Å². The molecule has 33 heavy (non-hydrogen) atoms. The SMILES string of the molecule is Cc1ccccc1C(=O)N1CCC(NC(=O)CN2C(=O)c3ccc([N+](=O)[O-])cc3C2=O)CC1. The summed E-state index contributed by atoms with van der Waals surface area (Å²) in [4.78, 5) is 63.2. The number of piperidine rings is 1. The van der Waals surface area contributed by atoms with Gasteiger partial charge in [0.25, 0.3) is 23.4 Å². The van der Waals surface area contributed by atoms with Crippen LogP contribution in [0, 0.1) is 17.0 Å². The molecule has 1 N–H and O–H groups in total. The van der Waals surface area contributed by atoms with Crippen LogP contribution >= 0.6 is 0 Å². The van der Waals surface area contributed by atoms with E-state index < -0.39 is 29.2 Å². The smallest absolute Gasteiger partial charge is 0.270 e. The van der Waals surface area contributed by atoms with Crippen LogP contribution in [0.1, 0.15) is 49.5 Å². The Bertz CT molecular complexity index is 1170. The Morgan fingerprint density at radius 2 is 1.73 bits per heavy atom. The van der Waals surface area contributed by atoms with E-state index >= 15 is 0 Å². The van der Waals surface area contributed by atoms with E-state index in [0.717, 1.165) is 22.6 Å². The lowest BCUT2D eigenvalue weighted by molar-refractivity contribution is -0.384. The van der Waals surface area contributed by atoms with Gasteiger partial charge in [-0.15, -0.1) is 0 Å². The number of rotatable bonds is 5. The van der Waals surface area contributed by atoms with E-state index in [-0.39, 0.29) is 28.8 Å². The first-order valence-electron chi connectivity index (χ1n) is 10.5. The van der Waals surface area contributed by atoms with E-state index in [1.54, 1.807) is 11.0 Å². The van der Waals surface area contributed by atoms with Crippen molar-refractivity contribution in [1.29, 1.82) is 0 Å². The number of hydrogen-bond acceptors (Lipinski definition) is 6. The quantitative estimate of drug-likeness (QED) is 0.421. The first-order chi connectivity index (χ1) is 15.8. The zero-order valence-corrected chi connectivity index (χ0v) is 17.9. The lowest BCUT2D eigenvalue weighted by Crippen LogP contribution is -2.49. The maximum absolute atomic E-state index is 12.7. The van der Waals surface area contributed by atoms with Crippen molar-refractivity contribution < 1.29 is 24.1 Å². The molecular formula is C23H22N4O6. The molecule has 1 fully saturated rings. The van der Waals surface area contributed by atoms with Gasteiger partial charge in [-0.05, 0) is 37.5 Å². The summed E-state index contributed by atoms with van der Waals surface area (Å²) >= 11 is 0. The second kappa shape index (κ2) is 8.81. The molecule has 0 atom stereocenters. The Balaban J connectivity index is 1.32. The van der Waals surface area contributed by atoms with Crippen LogP contribution in [0.5, 0.6) is 0 Å². The highest BCUT2D eigenvalue weighted by molar-refractivity contribution is 6.22. The van der Waals surface area contributed by atoms with Crippen molar-refractivity contribution in [3.8, 4) is 0 Å². The van der Waals surface area contributed by atoms with Crippen molar-refractivity contribution >= 4 is 29.3 Å². The highest BCUT2D eigenvalue weighted by atomic mass is 16.6. The van der Waals surface area contributed by atoms with Crippen LogP contribution in [0.15, 0.2) is 42.5 Å². The number of imide groups is 1. The van der Waals surface area contributed by atoms with Gasteiger partial charge in [-0.25, -0.2) is 0 Å². The molecule has 0 aromatic heterocycles. The van der Waals surface area contributed by atoms with Crippen LogP contribution in [0.3, 0.4) is 0 Å². The highest BCUT2D eigenvalue weighted by Gasteiger charge is 2.38. The van der Waals surface area contributed by atoms with Crippen LogP contribution in [0.25, 0.3) is 0 Å². The van der Waals surface area contributed by atoms with Crippen LogP contribution < -0.4 is 5.32 Å². The maximum Gasteiger partial charge on any atom is 0.270 e. The molecule has 4 amide bonds. The third-order valence-electron chi connectivity index (χ3n) is 5.99. The minimum Gasteiger partial charge on any atom is -0.352 e. The molecule has 10 nitrogen and oxygen atoms in total. The number of benzene rings is 2. The van der Waals surface area contributed by atoms with Gasteiger partial charge in [0.1, 0.15) is 6.54 Å². The minimum atomic E-state index is -0.729. The van der Waals surface area contributed by atoms with Gasteiger partial charge < -0.3 is 10.2 Å². The summed E-state index contributed by atoms with van der Waals surface area (Å²) in [6, 6.07) is 10.6. The van der Waals surface area contributed by atoms with Gasteiger partial charge in [-0.1, -0.05) is 18.2 Å². The first-order valence-corrected chi connectivity index (χ1v) is 10.5. The van der Waals surface area contributed by atoms with E-state index in [1.807, 2.05) is 25.1 Å². The van der Waals surface area contributed by atoms with Gasteiger partial charge in [0, 0.05) is 36.8 Å². The predicted molar refractivity (Wildman–Crippen MR) is 117 cm³/mol. The Kier molecular flexibility index (Phi) is 5.91. The zero-order chi connectivity index (χ0) is 23.7. The highest BCUT2D eigenvalue weighted by Crippen LogP contribution is 2.26. The molecule has 0 aliphatic carbocycles. The lowest BCUT2D eigenvalue weighted by atomic mass is 10.0. The topological polar surface area (TPSA) is 130 Å². The fraction of sp³-hybridized carbons (Fsp3) is 0.304. The molecule has 2 aromatic rings. The molecule has 0 radical (unpaired) electrons. The molecule has 2 aliphatic heterocycles. The van der Waals surface area contributed by atoms with Crippen molar-refractivity contribution in [2.24, 2.45) is 0 Å². The van der Waals surface area contributed by atoms with Gasteiger partial charge in [0.05, 0.1) is 16.1 Å². The van der Waals surface area contributed by atoms with Crippen molar-refractivity contribution in [1.82, 2.24) is 15.1 Å². The van der Waals surface area contributed by atoms with E-state index in [4.69, 9.17) is 0 Å². The molecule has 10 heteroatoms. The number of carbonyl (C=O) groups is 4. The standard InChI is InChI=1S/C23H22N4O6/c1-14-4-2-3-5-17(14)21(29)25-10-8-15(9-11-25)24-20(28)13-26-22(30)18-7-6-16(27(32)33)12-19(18)23(26)31/h2-7,12,15H,8-11,13H2,1H3,(H,24,28). The summed E-state index contributed by atoms with van der Waals surface area (Å²) in [5, 5.41) is 13.8. The molecule has 2 heterocycles. The Morgan fingerprint density at radius 3 is 2.39 bits per heavy atom. The zero-order valence-electron chi connectivity index (χ0n) is 17.9. The Morgan fingerprint density at radius 1 is 1.06 bits per heavy atom. The second-order valence-electron chi connectivity index (χ2n) is 8.13. The number of nitrogens with zero attached hydrogens (tertiary/aromatic N) is 3. The number of nitro benzene ring substituents is 1. The second-order valence-corrected chi connectivity index (χ2v) is 8.13. The van der Waals surface area contributed by atoms with Gasteiger partial charge in [0.15, 0.2) is 0 Å². The van der Waals surface area contributed by atoms with E-state index in [0.29, 0.717) is 31.5 Å². The molecule has 0 spiro atoms. The molecule has 0 saturated carbocycles. The molecule has 2 aliphatic rings. The monoisotopic (exact) mass is 450 g/mol. The third-order valence-corrected chi connectivity index (χ3v) is 5.99. The van der Waals surface area contributed by atoms with Crippen molar-refractivity contribution in [3.05, 3.63) is 74.8 Å². The number of fused-ring (bicyclic) bond motifs is 1. The number of hydrogen-bond donors (Lipinski definition) is 1. The molecule has 0 bridgehead atoms. The average molecular weight is 450 g/mol. The van der Waals surface area contributed by atoms with Gasteiger partial charge >= 0.3 is 0 Å². The molecule has 1 saturated heterocycles. The predicted octanol–water partition coefficient (Wildman–Crippen LogP) is 1.92. The Hall–Kier alpha value is -4.08. The van der Waals surface area contributed by atoms with Gasteiger partial charge in [-0.3, -0.25) is 34.2 Å². The minimum absolute atomic E-state index is 0.0430. The summed E-state index contributed by atoms with van der Waals surface area (Å²) < 4.78 is 0. The van der Waals surface area contributed by atoms with Crippen molar-refractivity contribution in [3.63, 3.8) is 0 Å². The van der Waals surface area contributed by atoms with E-state index in [9.17, 15) is 29.3 Å². The average Bonchev–Trinajstić information content (AvgIpc) is 3.03. The molecule has 0 unspecified atom stereocenters. The van der Waals surface area contributed by atoms with Crippen molar-refractivity contribution in [2.75, 3.05) is 19.6 Å². The summed E-state index contributed by atoms with van der Waals surface area (Å²) in [5.74, 6) is -1.92. The fourth-order valence-electron chi connectivity index (χ4n) is 4.16. The maximum atomic E-state index is 12.7. The number of nitrogens with one attached hydrogen (secondary N) is 1. The molecule has 170 valence electrons. The summed E-state index contributed by atoms with van der Waals surface area (Å²) in [6.45, 7) is 2.38. The number of likely N-dealkylation sites (tertiary alicyclic amines) is 1. The molecule has 4 rings (SSSR count). The normalized spacial score (nSPS) is 16.0. The number of amides is 4. The van der Waals surface area contributed by atoms with E-state index in [2.05, 4.69) is 5.32 Å². The van der Waals surface area contributed by atoms with Crippen LogP contribution in [0.4, 0.5) is 5.69 Å². The lowest BCUT2D eigenvalue weighted by Gasteiger charge is -2.33. The Labute approximate surface area is 189 Å². The first kappa shape index (κ1) is 22.1. The summed E-state index contributed by atoms with van der Waals surface area (Å²) in [5.41, 5.74) is 1.23. The summed E-state index contributed by atoms with van der Waals surface area (Å²) in [6.07, 6.45) is 1.11. The number of aryl methyl sites for hydroxylation is 1. The van der Waals surface area contributed by atoms with Crippen LogP contribution in [-0.4, -0.2) is 64.0 Å². The van der Waals surface area contributed by atoms with Crippen LogP contribution in [0.2, 0.25) is 0 Å². The fourth-order valence-corrected chi connectivity index (χ4v) is 4.16. The number of carbonyl (C=O) groups excluding carboxylic acids is 4. The largest absolute Gasteiger partial charge is 0.352 e. The summed E-state index contributed by atoms with van der Waals surface area (Å²) in [7, 11) is 0. The molecule has 2 aromatic carbocycles. The third kappa shape index (κ3) is 4.32. The molecular weight excluding hydrogens is 428 g/mol. The van der Waals surface area contributed by atoms with Gasteiger partial charge in [-0.2, -0.15) is 0 Å². The number of non-ortho nitro benzene ring substituents is 1. The number of nitro groups is 1. The van der Waals surface area contributed by atoms with Crippen LogP contribution in [-0.2, 0) is 4.79 Å². The van der Waals surface area contributed by atoms with E-state index in [1.165, 1.54) is 6.07 Å². The van der Waals surface area contributed by atoms with Gasteiger partial charge in [0.2, 0.25) is 5.91 Å².